The van der Waals surface area contributed by atoms with E-state index in [1.165, 1.54) is 4.90 Å². The third kappa shape index (κ3) is 5.38. The first-order valence-electron chi connectivity index (χ1n) is 18.6. The van der Waals surface area contributed by atoms with Crippen LogP contribution in [0, 0.1) is 30.6 Å². The number of anilines is 2. The van der Waals surface area contributed by atoms with Crippen LogP contribution in [0.4, 0.5) is 11.4 Å². The van der Waals surface area contributed by atoms with E-state index in [2.05, 4.69) is 21.4 Å². The van der Waals surface area contributed by atoms with E-state index in [1.54, 1.807) is 78.9 Å². The molecule has 9 nitrogen and oxygen atoms in total. The second-order valence-corrected chi connectivity index (χ2v) is 16.0. The number of carbonyl (C=O) groups excluding carboxylic acids is 5. The number of amides is 4. The Bertz CT molecular complexity index is 2470. The van der Waals surface area contributed by atoms with Gasteiger partial charge in [0.05, 0.1) is 34.5 Å². The van der Waals surface area contributed by atoms with Crippen LogP contribution in [0.25, 0.3) is 0 Å². The molecule has 0 spiro atoms. The van der Waals surface area contributed by atoms with Crippen molar-refractivity contribution in [1.82, 2.24) is 5.01 Å². The molecule has 5 aromatic carbocycles. The Labute approximate surface area is 331 Å². The van der Waals surface area contributed by atoms with Crippen LogP contribution in [0.2, 0.25) is 0 Å². The van der Waals surface area contributed by atoms with Crippen molar-refractivity contribution in [2.45, 2.75) is 31.1 Å². The molecule has 56 heavy (non-hydrogen) atoms. The van der Waals surface area contributed by atoms with E-state index in [0.29, 0.717) is 38.1 Å². The summed E-state index contributed by atoms with van der Waals surface area (Å²) in [6.07, 6.45) is 2.32. The Kier molecular flexibility index (Phi) is 8.61. The number of phenols is 1. The maximum atomic E-state index is 15.3. The number of carbonyl (C=O) groups is 5. The number of nitrogens with one attached hydrogen (secondary N) is 1. The molecule has 1 saturated carbocycles. The molecule has 9 rings (SSSR count). The summed E-state index contributed by atoms with van der Waals surface area (Å²) in [6.45, 7) is 1.95. The maximum absolute atomic E-state index is 15.3. The van der Waals surface area contributed by atoms with Crippen molar-refractivity contribution in [2.75, 3.05) is 10.3 Å². The van der Waals surface area contributed by atoms with Gasteiger partial charge in [0.15, 0.2) is 5.78 Å². The number of hydrazine groups is 1. The number of imide groups is 2. The van der Waals surface area contributed by atoms with E-state index in [9.17, 15) is 24.3 Å². The van der Waals surface area contributed by atoms with E-state index >= 15 is 4.79 Å². The van der Waals surface area contributed by atoms with E-state index in [1.807, 2.05) is 61.5 Å². The van der Waals surface area contributed by atoms with Gasteiger partial charge in [-0.15, -0.1) is 0 Å². The fourth-order valence-corrected chi connectivity index (χ4v) is 10.00. The molecule has 2 saturated heterocycles. The van der Waals surface area contributed by atoms with Crippen LogP contribution in [0.5, 0.6) is 5.75 Å². The molecule has 5 aromatic rings. The van der Waals surface area contributed by atoms with Gasteiger partial charge in [0.25, 0.3) is 11.8 Å². The number of hydrogen-bond donors (Lipinski definition) is 2. The molecule has 278 valence electrons. The first-order valence-corrected chi connectivity index (χ1v) is 19.4. The fourth-order valence-electron chi connectivity index (χ4n) is 9.62. The number of ketones is 1. The topological polar surface area (TPSA) is 124 Å². The van der Waals surface area contributed by atoms with Gasteiger partial charge in [0.2, 0.25) is 11.8 Å². The molecule has 6 unspecified atom stereocenters. The molecule has 4 amide bonds. The molecule has 2 N–H and O–H groups in total. The van der Waals surface area contributed by atoms with Crippen molar-refractivity contribution in [3.8, 4) is 5.75 Å². The average molecular weight is 807 g/mol. The first-order chi connectivity index (χ1) is 27.1. The van der Waals surface area contributed by atoms with Gasteiger partial charge in [-0.3, -0.25) is 34.3 Å². The fraction of sp³-hybridized carbons (Fsp3) is 0.196. The van der Waals surface area contributed by atoms with Crippen molar-refractivity contribution < 1.29 is 29.1 Å². The maximum Gasteiger partial charge on any atom is 0.260 e. The summed E-state index contributed by atoms with van der Waals surface area (Å²) in [5, 5.41) is 12.7. The number of phenolic OH excluding ortho intramolecular Hbond substituents is 1. The SMILES string of the molecule is Cc1ccc(NN2C(=O)C3CC4C(=CCC5C(=O)N(c6ccc(C(=O)c7ccccc7)cc6)C(=O)C54)C(c4cc(Br)ccc4O)C3(c3ccccc3)C2=O)cc1. The lowest BCUT2D eigenvalue weighted by Gasteiger charge is -2.50. The zero-order chi connectivity index (χ0) is 38.9. The molecule has 10 heteroatoms. The number of benzene rings is 5. The Balaban J connectivity index is 1.15. The third-order valence-electron chi connectivity index (χ3n) is 12.1. The summed E-state index contributed by atoms with van der Waals surface area (Å²) in [5.74, 6) is -5.84. The molecule has 0 bridgehead atoms. The summed E-state index contributed by atoms with van der Waals surface area (Å²) in [5.41, 5.74) is 6.27. The van der Waals surface area contributed by atoms with E-state index in [0.717, 1.165) is 16.1 Å². The number of rotatable bonds is 7. The van der Waals surface area contributed by atoms with Gasteiger partial charge in [-0.2, -0.15) is 5.01 Å². The zero-order valence-corrected chi connectivity index (χ0v) is 31.8. The lowest BCUT2D eigenvalue weighted by molar-refractivity contribution is -0.138. The summed E-state index contributed by atoms with van der Waals surface area (Å²) >= 11 is 3.58. The molecule has 6 atom stereocenters. The van der Waals surface area contributed by atoms with Crippen LogP contribution in [-0.2, 0) is 24.6 Å². The summed E-state index contributed by atoms with van der Waals surface area (Å²) < 4.78 is 0.667. The van der Waals surface area contributed by atoms with Crippen LogP contribution in [-0.4, -0.2) is 39.5 Å². The number of fused-ring (bicyclic) bond motifs is 4. The summed E-state index contributed by atoms with van der Waals surface area (Å²) in [4.78, 5) is 73.5. The number of aromatic hydroxyl groups is 1. The minimum Gasteiger partial charge on any atom is -0.508 e. The van der Waals surface area contributed by atoms with Gasteiger partial charge in [0, 0.05) is 27.1 Å². The Morgan fingerprint density at radius 1 is 0.768 bits per heavy atom. The van der Waals surface area contributed by atoms with Crippen molar-refractivity contribution in [2.24, 2.45) is 23.7 Å². The highest BCUT2D eigenvalue weighted by Gasteiger charge is 2.70. The van der Waals surface area contributed by atoms with Gasteiger partial charge < -0.3 is 5.11 Å². The number of halogens is 1. The molecule has 4 aliphatic rings. The minimum atomic E-state index is -1.50. The van der Waals surface area contributed by atoms with Gasteiger partial charge in [-0.1, -0.05) is 106 Å². The van der Waals surface area contributed by atoms with Gasteiger partial charge >= 0.3 is 0 Å². The van der Waals surface area contributed by atoms with Crippen molar-refractivity contribution in [3.05, 3.63) is 171 Å². The second-order valence-electron chi connectivity index (χ2n) is 15.0. The number of hydrogen-bond acceptors (Lipinski definition) is 7. The quantitative estimate of drug-likeness (QED) is 0.0975. The third-order valence-corrected chi connectivity index (χ3v) is 12.6. The zero-order valence-electron chi connectivity index (χ0n) is 30.3. The highest BCUT2D eigenvalue weighted by Crippen LogP contribution is 2.65. The standard InChI is InChI=1S/C46H36BrN3O6/c1-26-12-17-31(18-13-26)48-50-43(54)37-25-35-33(40(36-24-30(47)16-23-38(36)51)46(37,45(50)56)29-10-6-3-7-11-29)21-22-34-39(35)44(55)49(42(34)53)32-19-14-28(15-20-32)41(52)27-8-4-2-5-9-27/h2-21,23-24,34-35,37,39-40,48,51H,22,25H2,1H3. The first kappa shape index (κ1) is 35.6. The van der Waals surface area contributed by atoms with Crippen LogP contribution < -0.4 is 10.3 Å². The van der Waals surface area contributed by atoms with Gasteiger partial charge in [-0.05, 0) is 85.8 Å². The average Bonchev–Trinajstić information content (AvgIpc) is 3.60. The number of nitrogens with zero attached hydrogens (tertiary/aromatic N) is 2. The molecule has 3 fully saturated rings. The lowest BCUT2D eigenvalue weighted by Crippen LogP contribution is -2.53. The molecular weight excluding hydrogens is 770 g/mol. The van der Waals surface area contributed by atoms with Crippen LogP contribution >= 0.6 is 15.9 Å². The smallest absolute Gasteiger partial charge is 0.260 e. The Morgan fingerprint density at radius 3 is 2.12 bits per heavy atom. The molecular formula is C46H36BrN3O6. The highest BCUT2D eigenvalue weighted by atomic mass is 79.9. The summed E-state index contributed by atoms with van der Waals surface area (Å²) in [6, 6.07) is 37.0. The predicted molar refractivity (Wildman–Crippen MR) is 213 cm³/mol. The molecule has 2 aliphatic heterocycles. The summed E-state index contributed by atoms with van der Waals surface area (Å²) in [7, 11) is 0. The molecule has 2 aliphatic carbocycles. The number of aryl methyl sites for hydroxylation is 1. The largest absolute Gasteiger partial charge is 0.508 e. The molecule has 2 heterocycles. The molecule has 0 radical (unpaired) electrons. The van der Waals surface area contributed by atoms with E-state index in [-0.39, 0.29) is 30.3 Å². The van der Waals surface area contributed by atoms with Crippen molar-refractivity contribution >= 4 is 56.7 Å². The Morgan fingerprint density at radius 2 is 1.43 bits per heavy atom. The van der Waals surface area contributed by atoms with E-state index < -0.39 is 52.7 Å². The normalized spacial score (nSPS) is 25.4. The Hall–Kier alpha value is -6.13. The van der Waals surface area contributed by atoms with E-state index in [4.69, 9.17) is 0 Å². The van der Waals surface area contributed by atoms with Crippen LogP contribution in [0.1, 0.15) is 51.4 Å². The second kappa shape index (κ2) is 13.6. The number of allylic oxidation sites excluding steroid dienone is 2. The molecule has 0 aromatic heterocycles. The van der Waals surface area contributed by atoms with Crippen molar-refractivity contribution in [3.63, 3.8) is 0 Å². The highest BCUT2D eigenvalue weighted by molar-refractivity contribution is 9.10. The monoisotopic (exact) mass is 805 g/mol. The predicted octanol–water partition coefficient (Wildman–Crippen LogP) is 7.88. The lowest BCUT2D eigenvalue weighted by atomic mass is 9.49. The van der Waals surface area contributed by atoms with Crippen molar-refractivity contribution in [1.29, 1.82) is 0 Å². The minimum absolute atomic E-state index is 0.0540. The van der Waals surface area contributed by atoms with Crippen LogP contribution in [0.3, 0.4) is 0 Å². The van der Waals surface area contributed by atoms with Crippen LogP contribution in [0.15, 0.2) is 144 Å². The van der Waals surface area contributed by atoms with Gasteiger partial charge in [0.1, 0.15) is 5.75 Å². The van der Waals surface area contributed by atoms with Gasteiger partial charge in [-0.25, -0.2) is 0 Å².